The summed E-state index contributed by atoms with van der Waals surface area (Å²) < 4.78 is 3.28. The quantitative estimate of drug-likeness (QED) is 0.526. The van der Waals surface area contributed by atoms with Gasteiger partial charge in [-0.25, -0.2) is 14.6 Å². The second kappa shape index (κ2) is 7.17. The van der Waals surface area contributed by atoms with Crippen molar-refractivity contribution in [1.82, 2.24) is 24.3 Å². The van der Waals surface area contributed by atoms with Crippen molar-refractivity contribution < 1.29 is 4.79 Å². The number of benzene rings is 1. The fourth-order valence-electron chi connectivity index (χ4n) is 3.38. The predicted molar refractivity (Wildman–Crippen MR) is 110 cm³/mol. The van der Waals surface area contributed by atoms with Crippen molar-refractivity contribution in [3.63, 3.8) is 0 Å². The molecule has 4 aromatic rings. The van der Waals surface area contributed by atoms with Gasteiger partial charge in [-0.15, -0.1) is 0 Å². The van der Waals surface area contributed by atoms with E-state index in [0.29, 0.717) is 27.8 Å². The highest BCUT2D eigenvalue weighted by Crippen LogP contribution is 2.33. The van der Waals surface area contributed by atoms with Crippen molar-refractivity contribution in [1.29, 1.82) is 0 Å². The van der Waals surface area contributed by atoms with Gasteiger partial charge < -0.3 is 5.32 Å². The van der Waals surface area contributed by atoms with Crippen LogP contribution in [0.25, 0.3) is 16.7 Å². The fraction of sp³-hybridized carbons (Fsp3) is 0.150. The van der Waals surface area contributed by atoms with Crippen LogP contribution in [0, 0.1) is 0 Å². The molecule has 0 fully saturated rings. The number of nitrogens with zero attached hydrogens (tertiary/aromatic N) is 5. The predicted octanol–water partition coefficient (Wildman–Crippen LogP) is 2.65. The summed E-state index contributed by atoms with van der Waals surface area (Å²) in [7, 11) is 0. The monoisotopic (exact) mass is 404 g/mol. The molecule has 1 aliphatic rings. The van der Waals surface area contributed by atoms with Crippen LogP contribution in [0.15, 0.2) is 70.9 Å². The lowest BCUT2D eigenvalue weighted by Gasteiger charge is -2.13. The number of hydrogen-bond acceptors (Lipinski definition) is 6. The Kier molecular flexibility index (Phi) is 4.36. The van der Waals surface area contributed by atoms with E-state index in [0.717, 1.165) is 5.69 Å². The van der Waals surface area contributed by atoms with Crippen molar-refractivity contribution in [2.45, 2.75) is 17.6 Å². The molecule has 3 aromatic heterocycles. The Labute approximate surface area is 169 Å². The lowest BCUT2D eigenvalue weighted by atomic mass is 10.2. The van der Waals surface area contributed by atoms with Gasteiger partial charge in [-0.1, -0.05) is 36.0 Å². The first-order valence-electron chi connectivity index (χ1n) is 9.10. The van der Waals surface area contributed by atoms with Gasteiger partial charge in [0.25, 0.3) is 5.56 Å². The number of pyridine rings is 1. The second-order valence-electron chi connectivity index (χ2n) is 6.63. The molecule has 29 heavy (non-hydrogen) atoms. The summed E-state index contributed by atoms with van der Waals surface area (Å²) in [5.41, 5.74) is 1.19. The van der Waals surface area contributed by atoms with E-state index in [-0.39, 0.29) is 23.9 Å². The molecule has 0 saturated carbocycles. The molecule has 0 aliphatic carbocycles. The van der Waals surface area contributed by atoms with E-state index in [1.54, 1.807) is 39.8 Å². The molecule has 5 rings (SSSR count). The Bertz CT molecular complexity index is 1250. The third-order valence-electron chi connectivity index (χ3n) is 4.72. The maximum atomic E-state index is 13.1. The van der Waals surface area contributed by atoms with Crippen LogP contribution in [0.2, 0.25) is 0 Å². The number of rotatable bonds is 4. The van der Waals surface area contributed by atoms with E-state index in [2.05, 4.69) is 20.4 Å². The first kappa shape index (κ1) is 17.6. The largest absolute Gasteiger partial charge is 0.311 e. The summed E-state index contributed by atoms with van der Waals surface area (Å²) >= 11 is 1.48. The molecule has 8 nitrogen and oxygen atoms in total. The minimum absolute atomic E-state index is 0.173. The van der Waals surface area contributed by atoms with Gasteiger partial charge >= 0.3 is 0 Å². The van der Waals surface area contributed by atoms with E-state index >= 15 is 0 Å². The molecule has 4 heterocycles. The van der Waals surface area contributed by atoms with Gasteiger partial charge in [-0.05, 0) is 24.3 Å². The van der Waals surface area contributed by atoms with Crippen LogP contribution >= 0.6 is 11.8 Å². The summed E-state index contributed by atoms with van der Waals surface area (Å²) in [4.78, 5) is 34.3. The second-order valence-corrected chi connectivity index (χ2v) is 7.62. The average molecular weight is 404 g/mol. The van der Waals surface area contributed by atoms with Gasteiger partial charge in [-0.2, -0.15) is 5.10 Å². The molecule has 1 unspecified atom stereocenters. The van der Waals surface area contributed by atoms with Gasteiger partial charge in [0.15, 0.2) is 10.8 Å². The number of anilines is 1. The van der Waals surface area contributed by atoms with Gasteiger partial charge in [0.2, 0.25) is 5.91 Å². The molecule has 1 atom stereocenters. The molecule has 0 bridgehead atoms. The number of carbonyl (C=O) groups is 1. The number of para-hydroxylation sites is 1. The Morgan fingerprint density at radius 1 is 1.17 bits per heavy atom. The Hall–Kier alpha value is -3.46. The molecule has 1 aliphatic heterocycles. The Balaban J connectivity index is 1.46. The molecule has 1 aromatic carbocycles. The third kappa shape index (κ3) is 3.19. The number of amides is 1. The Morgan fingerprint density at radius 3 is 2.79 bits per heavy atom. The number of thioether (sulfide) groups is 1. The van der Waals surface area contributed by atoms with Crippen LogP contribution in [-0.4, -0.2) is 36.0 Å². The van der Waals surface area contributed by atoms with E-state index < -0.39 is 0 Å². The maximum absolute atomic E-state index is 13.1. The number of fused-ring (bicyclic) bond motifs is 2. The van der Waals surface area contributed by atoms with Crippen LogP contribution in [0.3, 0.4) is 0 Å². The summed E-state index contributed by atoms with van der Waals surface area (Å²) in [5, 5.41) is 8.17. The van der Waals surface area contributed by atoms with Crippen molar-refractivity contribution in [3.05, 3.63) is 71.3 Å². The van der Waals surface area contributed by atoms with Crippen molar-refractivity contribution >= 4 is 34.5 Å². The lowest BCUT2D eigenvalue weighted by Crippen LogP contribution is -2.27. The summed E-state index contributed by atoms with van der Waals surface area (Å²) in [5.74, 6) is 0.922. The average Bonchev–Trinajstić information content (AvgIpc) is 3.34. The normalized spacial score (nSPS) is 15.4. The van der Waals surface area contributed by atoms with Gasteiger partial charge in [-0.3, -0.25) is 14.2 Å². The zero-order chi connectivity index (χ0) is 19.8. The summed E-state index contributed by atoms with van der Waals surface area (Å²) in [6.07, 6.45) is 3.33. The van der Waals surface area contributed by atoms with Gasteiger partial charge in [0.1, 0.15) is 11.2 Å². The van der Waals surface area contributed by atoms with Crippen LogP contribution < -0.4 is 10.9 Å². The fourth-order valence-corrected chi connectivity index (χ4v) is 4.51. The molecular formula is C20H16N6O2S. The topological polar surface area (TPSA) is 94.7 Å². The molecular weight excluding hydrogens is 388 g/mol. The standard InChI is InChI=1S/C20H16N6O2S/c27-17(23-16-8-4-5-9-21-16)10-14-12-29-20-24-18-15(19(28)25(14)20)11-22-26(18)13-6-2-1-3-7-13/h1-9,11,14H,10,12H2,(H,21,23,27). The highest BCUT2D eigenvalue weighted by Gasteiger charge is 2.29. The molecule has 0 spiro atoms. The van der Waals surface area contributed by atoms with Crippen molar-refractivity contribution in [3.8, 4) is 5.69 Å². The van der Waals surface area contributed by atoms with E-state index in [4.69, 9.17) is 0 Å². The number of hydrogen-bond donors (Lipinski definition) is 1. The van der Waals surface area contributed by atoms with E-state index in [1.165, 1.54) is 11.8 Å². The zero-order valence-corrected chi connectivity index (χ0v) is 16.0. The van der Waals surface area contributed by atoms with Crippen LogP contribution in [0.5, 0.6) is 0 Å². The Morgan fingerprint density at radius 2 is 2.00 bits per heavy atom. The van der Waals surface area contributed by atoms with E-state index in [1.807, 2.05) is 30.3 Å². The molecule has 0 radical (unpaired) electrons. The first-order chi connectivity index (χ1) is 14.2. The zero-order valence-electron chi connectivity index (χ0n) is 15.2. The van der Waals surface area contributed by atoms with Crippen molar-refractivity contribution in [2.24, 2.45) is 0 Å². The highest BCUT2D eigenvalue weighted by atomic mass is 32.2. The lowest BCUT2D eigenvalue weighted by molar-refractivity contribution is -0.116. The SMILES string of the molecule is O=C(CC1CSc2nc3c(cnn3-c3ccccc3)c(=O)n21)Nc1ccccn1. The minimum atomic E-state index is -0.261. The molecule has 9 heteroatoms. The summed E-state index contributed by atoms with van der Waals surface area (Å²) in [6.45, 7) is 0. The number of carbonyl (C=O) groups excluding carboxylic acids is 1. The smallest absolute Gasteiger partial charge is 0.265 e. The van der Waals surface area contributed by atoms with Gasteiger partial charge in [0, 0.05) is 18.4 Å². The van der Waals surface area contributed by atoms with E-state index in [9.17, 15) is 9.59 Å². The molecule has 1 amide bonds. The minimum Gasteiger partial charge on any atom is -0.311 e. The highest BCUT2D eigenvalue weighted by molar-refractivity contribution is 7.99. The first-order valence-corrected chi connectivity index (χ1v) is 10.1. The molecule has 144 valence electrons. The third-order valence-corrected chi connectivity index (χ3v) is 5.82. The molecule has 0 saturated heterocycles. The van der Waals surface area contributed by atoms with Gasteiger partial charge in [0.05, 0.1) is 17.9 Å². The number of nitrogens with one attached hydrogen (secondary N) is 1. The van der Waals surface area contributed by atoms with Crippen LogP contribution in [-0.2, 0) is 4.79 Å². The number of aromatic nitrogens is 5. The van der Waals surface area contributed by atoms with Crippen LogP contribution in [0.4, 0.5) is 5.82 Å². The van der Waals surface area contributed by atoms with Crippen LogP contribution in [0.1, 0.15) is 12.5 Å². The maximum Gasteiger partial charge on any atom is 0.265 e. The molecule has 1 N–H and O–H groups in total. The van der Waals surface area contributed by atoms with Crippen molar-refractivity contribution in [2.75, 3.05) is 11.1 Å². The summed E-state index contributed by atoms with van der Waals surface area (Å²) in [6, 6.07) is 14.6.